The van der Waals surface area contributed by atoms with Crippen LogP contribution in [0.15, 0.2) is 41.3 Å². The first kappa shape index (κ1) is 22.2. The molecule has 1 saturated heterocycles. The molecule has 1 N–H and O–H groups in total. The van der Waals surface area contributed by atoms with E-state index in [4.69, 9.17) is 21.1 Å². The Labute approximate surface area is 188 Å². The van der Waals surface area contributed by atoms with Gasteiger partial charge in [0, 0.05) is 26.2 Å². The molecule has 4 rings (SSSR count). The van der Waals surface area contributed by atoms with Crippen molar-refractivity contribution in [2.45, 2.75) is 37.2 Å². The van der Waals surface area contributed by atoms with E-state index in [0.29, 0.717) is 18.1 Å². The molecule has 0 aliphatic carbocycles. The molecule has 0 amide bonds. The van der Waals surface area contributed by atoms with Crippen LogP contribution in [0.2, 0.25) is 5.02 Å². The zero-order chi connectivity index (χ0) is 22.0. The summed E-state index contributed by atoms with van der Waals surface area (Å²) in [6, 6.07) is 10.5. The third kappa shape index (κ3) is 5.26. The van der Waals surface area contributed by atoms with Crippen molar-refractivity contribution < 1.29 is 17.9 Å². The second kappa shape index (κ2) is 9.24. The lowest BCUT2D eigenvalue weighted by molar-refractivity contribution is 0.174. The number of hydrogen-bond acceptors (Lipinski definition) is 6. The van der Waals surface area contributed by atoms with Crippen LogP contribution in [0, 0.1) is 0 Å². The van der Waals surface area contributed by atoms with Gasteiger partial charge < -0.3 is 19.3 Å². The van der Waals surface area contributed by atoms with Gasteiger partial charge in [-0.1, -0.05) is 17.7 Å². The van der Waals surface area contributed by atoms with Crippen LogP contribution in [0.3, 0.4) is 0 Å². The lowest BCUT2D eigenvalue weighted by atomic mass is 10.2. The zero-order valence-electron chi connectivity index (χ0n) is 17.8. The summed E-state index contributed by atoms with van der Waals surface area (Å²) in [7, 11) is -1.73. The number of nitrogens with zero attached hydrogens (tertiary/aromatic N) is 2. The van der Waals surface area contributed by atoms with Gasteiger partial charge in [-0.05, 0) is 68.8 Å². The van der Waals surface area contributed by atoms with Crippen LogP contribution in [-0.4, -0.2) is 52.8 Å². The molecule has 0 radical (unpaired) electrons. The molecule has 31 heavy (non-hydrogen) atoms. The van der Waals surface area contributed by atoms with Gasteiger partial charge in [-0.3, -0.25) is 0 Å². The van der Waals surface area contributed by atoms with Gasteiger partial charge in [0.25, 0.3) is 0 Å². The first-order valence-electron chi connectivity index (χ1n) is 10.5. The fourth-order valence-electron chi connectivity index (χ4n) is 4.09. The molecular formula is C22H28ClN3O4S. The largest absolute Gasteiger partial charge is 0.454 e. The number of halogens is 1. The maximum Gasteiger partial charge on any atom is 0.240 e. The standard InChI is InChI=1S/C22H28ClN3O4S/c1-16(13-26-9-3-4-10-26)24-31(27,28)18-6-7-20(19(23)12-18)25(2)14-17-5-8-21-22(11-17)30-15-29-21/h5-8,11-12,16,24H,3-4,9-10,13-15H2,1-2H3. The number of likely N-dealkylation sites (tertiary alicyclic amines) is 1. The molecule has 2 aromatic rings. The Morgan fingerprint density at radius 1 is 1.13 bits per heavy atom. The van der Waals surface area contributed by atoms with Gasteiger partial charge in [0.15, 0.2) is 11.5 Å². The van der Waals surface area contributed by atoms with E-state index in [-0.39, 0.29) is 17.7 Å². The average molecular weight is 466 g/mol. The Bertz CT molecular complexity index is 1040. The van der Waals surface area contributed by atoms with Gasteiger partial charge in [0.05, 0.1) is 15.6 Å². The van der Waals surface area contributed by atoms with Crippen molar-refractivity contribution in [3.8, 4) is 11.5 Å². The van der Waals surface area contributed by atoms with Crippen molar-refractivity contribution in [1.29, 1.82) is 0 Å². The molecule has 0 bridgehead atoms. The van der Waals surface area contributed by atoms with Crippen molar-refractivity contribution in [2.24, 2.45) is 0 Å². The minimum atomic E-state index is -3.64. The second-order valence-corrected chi connectivity index (χ2v) is 10.3. The quantitative estimate of drug-likeness (QED) is 0.643. The van der Waals surface area contributed by atoms with E-state index in [0.717, 1.165) is 35.8 Å². The summed E-state index contributed by atoms with van der Waals surface area (Å²) in [5, 5.41) is 0.387. The van der Waals surface area contributed by atoms with Crippen LogP contribution in [-0.2, 0) is 16.6 Å². The first-order chi connectivity index (χ1) is 14.8. The van der Waals surface area contributed by atoms with Gasteiger partial charge in [-0.2, -0.15) is 0 Å². The molecule has 7 nitrogen and oxygen atoms in total. The fraction of sp³-hybridized carbons (Fsp3) is 0.455. The molecule has 1 fully saturated rings. The molecule has 9 heteroatoms. The highest BCUT2D eigenvalue weighted by Gasteiger charge is 2.22. The van der Waals surface area contributed by atoms with Crippen LogP contribution in [0.5, 0.6) is 11.5 Å². The van der Waals surface area contributed by atoms with Crippen molar-refractivity contribution in [1.82, 2.24) is 9.62 Å². The van der Waals surface area contributed by atoms with Crippen LogP contribution < -0.4 is 19.1 Å². The van der Waals surface area contributed by atoms with Gasteiger partial charge in [-0.25, -0.2) is 13.1 Å². The van der Waals surface area contributed by atoms with E-state index in [1.54, 1.807) is 12.1 Å². The number of benzene rings is 2. The molecule has 0 saturated carbocycles. The summed E-state index contributed by atoms with van der Waals surface area (Å²) in [6.45, 7) is 5.49. The van der Waals surface area contributed by atoms with E-state index in [1.165, 1.54) is 18.9 Å². The summed E-state index contributed by atoms with van der Waals surface area (Å²) in [6.07, 6.45) is 2.35. The molecular weight excluding hydrogens is 438 g/mol. The Balaban J connectivity index is 1.42. The molecule has 1 unspecified atom stereocenters. The Morgan fingerprint density at radius 3 is 2.61 bits per heavy atom. The van der Waals surface area contributed by atoms with Gasteiger partial charge in [0.2, 0.25) is 16.8 Å². The Morgan fingerprint density at radius 2 is 1.87 bits per heavy atom. The van der Waals surface area contributed by atoms with Crippen molar-refractivity contribution in [3.05, 3.63) is 47.0 Å². The number of rotatable bonds is 8. The Hall–Kier alpha value is -2.00. The second-order valence-electron chi connectivity index (χ2n) is 8.19. The smallest absolute Gasteiger partial charge is 0.240 e. The predicted molar refractivity (Wildman–Crippen MR) is 122 cm³/mol. The molecule has 1 atom stereocenters. The van der Waals surface area contributed by atoms with E-state index >= 15 is 0 Å². The third-order valence-corrected chi connectivity index (χ3v) is 7.47. The maximum absolute atomic E-state index is 12.8. The lowest BCUT2D eigenvalue weighted by Gasteiger charge is -2.23. The van der Waals surface area contributed by atoms with Gasteiger partial charge >= 0.3 is 0 Å². The maximum atomic E-state index is 12.8. The average Bonchev–Trinajstić information content (AvgIpc) is 3.38. The van der Waals surface area contributed by atoms with Crippen LogP contribution >= 0.6 is 11.6 Å². The first-order valence-corrected chi connectivity index (χ1v) is 12.3. The third-order valence-electron chi connectivity index (χ3n) is 5.58. The van der Waals surface area contributed by atoms with Gasteiger partial charge in [-0.15, -0.1) is 0 Å². The number of sulfonamides is 1. The molecule has 0 aromatic heterocycles. The van der Waals surface area contributed by atoms with Crippen molar-refractivity contribution in [2.75, 3.05) is 38.4 Å². The van der Waals surface area contributed by atoms with Crippen LogP contribution in [0.4, 0.5) is 5.69 Å². The van der Waals surface area contributed by atoms with E-state index in [9.17, 15) is 8.42 Å². The number of hydrogen-bond donors (Lipinski definition) is 1. The summed E-state index contributed by atoms with van der Waals surface area (Å²) in [4.78, 5) is 4.43. The summed E-state index contributed by atoms with van der Waals surface area (Å²) in [5.74, 6) is 1.47. The number of fused-ring (bicyclic) bond motifs is 1. The molecule has 2 aliphatic rings. The normalized spacial score (nSPS) is 17.1. The van der Waals surface area contributed by atoms with Gasteiger partial charge in [0.1, 0.15) is 0 Å². The Kier molecular flexibility index (Phi) is 6.62. The summed E-state index contributed by atoms with van der Waals surface area (Å²) < 4.78 is 39.2. The minimum Gasteiger partial charge on any atom is -0.454 e. The lowest BCUT2D eigenvalue weighted by Crippen LogP contribution is -2.41. The predicted octanol–water partition coefficient (Wildman–Crippen LogP) is 3.47. The van der Waals surface area contributed by atoms with E-state index in [1.807, 2.05) is 37.1 Å². The molecule has 168 valence electrons. The monoisotopic (exact) mass is 465 g/mol. The molecule has 2 heterocycles. The highest BCUT2D eigenvalue weighted by Crippen LogP contribution is 2.34. The highest BCUT2D eigenvalue weighted by atomic mass is 35.5. The zero-order valence-corrected chi connectivity index (χ0v) is 19.4. The van der Waals surface area contributed by atoms with E-state index < -0.39 is 10.0 Å². The molecule has 2 aromatic carbocycles. The molecule has 0 spiro atoms. The summed E-state index contributed by atoms with van der Waals surface area (Å²) in [5.41, 5.74) is 1.79. The van der Waals surface area contributed by atoms with Crippen LogP contribution in [0.25, 0.3) is 0 Å². The summed E-state index contributed by atoms with van der Waals surface area (Å²) >= 11 is 6.48. The van der Waals surface area contributed by atoms with E-state index in [2.05, 4.69) is 9.62 Å². The fourth-order valence-corrected chi connectivity index (χ4v) is 5.74. The van der Waals surface area contributed by atoms with Crippen molar-refractivity contribution in [3.63, 3.8) is 0 Å². The topological polar surface area (TPSA) is 71.1 Å². The minimum absolute atomic E-state index is 0.171. The SMILES string of the molecule is CC(CN1CCCC1)NS(=O)(=O)c1ccc(N(C)Cc2ccc3c(c2)OCO3)c(Cl)c1. The van der Waals surface area contributed by atoms with Crippen molar-refractivity contribution >= 4 is 27.3 Å². The number of anilines is 1. The highest BCUT2D eigenvalue weighted by molar-refractivity contribution is 7.89. The number of ether oxygens (including phenoxy) is 2. The number of nitrogens with one attached hydrogen (secondary N) is 1. The molecule has 2 aliphatic heterocycles. The van der Waals surface area contributed by atoms with Crippen LogP contribution in [0.1, 0.15) is 25.3 Å².